The summed E-state index contributed by atoms with van der Waals surface area (Å²) >= 11 is 0. The van der Waals surface area contributed by atoms with Crippen molar-refractivity contribution >= 4 is 5.97 Å². The number of nitrogens with zero attached hydrogens (tertiary/aromatic N) is 1. The fraction of sp³-hybridized carbons (Fsp3) is 0.500. The van der Waals surface area contributed by atoms with E-state index in [0.717, 1.165) is 19.4 Å². The highest BCUT2D eigenvalue weighted by molar-refractivity contribution is 5.90. The highest BCUT2D eigenvalue weighted by Gasteiger charge is 2.23. The van der Waals surface area contributed by atoms with Crippen LogP contribution in [0, 0.1) is 0 Å². The quantitative estimate of drug-likeness (QED) is 0.809. The maximum Gasteiger partial charge on any atom is 0.339 e. The Hall–Kier alpha value is -1.59. The highest BCUT2D eigenvalue weighted by atomic mass is 16.5. The third kappa shape index (κ3) is 3.45. The molecular formula is C14H19NO4. The number of hydrogen-bond donors (Lipinski definition) is 2. The van der Waals surface area contributed by atoms with Crippen molar-refractivity contribution in [2.24, 2.45) is 0 Å². The van der Waals surface area contributed by atoms with E-state index in [2.05, 4.69) is 4.90 Å². The predicted molar refractivity (Wildman–Crippen MR) is 70.6 cm³/mol. The lowest BCUT2D eigenvalue weighted by atomic mass is 10.2. The molecule has 1 aliphatic heterocycles. The minimum atomic E-state index is -0.981. The van der Waals surface area contributed by atoms with Crippen LogP contribution in [0.3, 0.4) is 0 Å². The van der Waals surface area contributed by atoms with Gasteiger partial charge in [0.15, 0.2) is 0 Å². The van der Waals surface area contributed by atoms with Gasteiger partial charge in [0.25, 0.3) is 0 Å². The molecule has 1 saturated heterocycles. The summed E-state index contributed by atoms with van der Waals surface area (Å²) in [6, 6.07) is 6.85. The molecule has 1 unspecified atom stereocenters. The molecule has 0 saturated carbocycles. The van der Waals surface area contributed by atoms with Crippen LogP contribution in [0.1, 0.15) is 23.2 Å². The number of hydrogen-bond acceptors (Lipinski definition) is 4. The lowest BCUT2D eigenvalue weighted by Gasteiger charge is -2.22. The van der Waals surface area contributed by atoms with Crippen LogP contribution in [0.15, 0.2) is 24.3 Å². The molecule has 0 amide bonds. The smallest absolute Gasteiger partial charge is 0.339 e. The van der Waals surface area contributed by atoms with Crippen LogP contribution in [-0.2, 0) is 0 Å². The van der Waals surface area contributed by atoms with Crippen LogP contribution in [-0.4, -0.2) is 53.4 Å². The average Bonchev–Trinajstić information content (AvgIpc) is 2.86. The van der Waals surface area contributed by atoms with Crippen molar-refractivity contribution in [1.82, 2.24) is 4.90 Å². The Morgan fingerprint density at radius 1 is 1.42 bits per heavy atom. The molecule has 1 aliphatic rings. The van der Waals surface area contributed by atoms with Crippen LogP contribution in [0.25, 0.3) is 0 Å². The third-order valence-electron chi connectivity index (χ3n) is 3.46. The summed E-state index contributed by atoms with van der Waals surface area (Å²) in [4.78, 5) is 13.2. The topological polar surface area (TPSA) is 70.0 Å². The van der Waals surface area contributed by atoms with Crippen molar-refractivity contribution < 1.29 is 19.7 Å². The van der Waals surface area contributed by atoms with Crippen LogP contribution >= 0.6 is 0 Å². The number of aliphatic hydroxyl groups excluding tert-OH is 1. The maximum absolute atomic E-state index is 11.0. The van der Waals surface area contributed by atoms with Gasteiger partial charge in [0.2, 0.25) is 0 Å². The fourth-order valence-corrected chi connectivity index (χ4v) is 2.44. The van der Waals surface area contributed by atoms with Gasteiger partial charge < -0.3 is 14.9 Å². The number of para-hydroxylation sites is 1. The second kappa shape index (κ2) is 6.54. The predicted octanol–water partition coefficient (Wildman–Crippen LogP) is 1.22. The molecule has 19 heavy (non-hydrogen) atoms. The van der Waals surface area contributed by atoms with Gasteiger partial charge in [0.05, 0.1) is 6.61 Å². The summed E-state index contributed by atoms with van der Waals surface area (Å²) in [5.41, 5.74) is 0.183. The second-order valence-corrected chi connectivity index (χ2v) is 4.66. The maximum atomic E-state index is 11.0. The number of aliphatic hydroxyl groups is 1. The number of rotatable bonds is 6. The summed E-state index contributed by atoms with van der Waals surface area (Å²) in [5.74, 6) is -0.584. The van der Waals surface area contributed by atoms with Gasteiger partial charge in [0.1, 0.15) is 17.9 Å². The van der Waals surface area contributed by atoms with Crippen molar-refractivity contribution in [1.29, 1.82) is 0 Å². The third-order valence-corrected chi connectivity index (χ3v) is 3.46. The number of aromatic carboxylic acids is 1. The van der Waals surface area contributed by atoms with E-state index in [-0.39, 0.29) is 18.2 Å². The Morgan fingerprint density at radius 3 is 2.95 bits per heavy atom. The van der Waals surface area contributed by atoms with E-state index in [9.17, 15) is 9.90 Å². The van der Waals surface area contributed by atoms with E-state index in [0.29, 0.717) is 18.9 Å². The van der Waals surface area contributed by atoms with Crippen LogP contribution in [0.5, 0.6) is 5.75 Å². The van der Waals surface area contributed by atoms with Gasteiger partial charge in [-0.25, -0.2) is 4.79 Å². The van der Waals surface area contributed by atoms with Crippen molar-refractivity contribution in [2.75, 3.05) is 26.3 Å². The Balaban J connectivity index is 1.87. The molecule has 2 N–H and O–H groups in total. The lowest BCUT2D eigenvalue weighted by molar-refractivity contribution is 0.0691. The minimum Gasteiger partial charge on any atom is -0.491 e. The van der Waals surface area contributed by atoms with E-state index in [1.165, 1.54) is 6.07 Å². The van der Waals surface area contributed by atoms with Gasteiger partial charge in [-0.1, -0.05) is 12.1 Å². The molecule has 1 atom stereocenters. The van der Waals surface area contributed by atoms with E-state index >= 15 is 0 Å². The largest absolute Gasteiger partial charge is 0.491 e. The molecule has 5 heteroatoms. The summed E-state index contributed by atoms with van der Waals surface area (Å²) in [5, 5.41) is 18.2. The van der Waals surface area contributed by atoms with Gasteiger partial charge in [-0.15, -0.1) is 0 Å². The fourth-order valence-electron chi connectivity index (χ4n) is 2.44. The molecule has 1 aromatic rings. The first-order valence-electron chi connectivity index (χ1n) is 6.52. The number of ether oxygens (including phenoxy) is 1. The zero-order valence-corrected chi connectivity index (χ0v) is 10.8. The first-order valence-corrected chi connectivity index (χ1v) is 6.52. The molecule has 104 valence electrons. The van der Waals surface area contributed by atoms with Crippen LogP contribution in [0.2, 0.25) is 0 Å². The van der Waals surface area contributed by atoms with Crippen molar-refractivity contribution in [3.63, 3.8) is 0 Å². The Morgan fingerprint density at radius 2 is 2.21 bits per heavy atom. The van der Waals surface area contributed by atoms with Crippen LogP contribution < -0.4 is 4.74 Å². The summed E-state index contributed by atoms with van der Waals surface area (Å²) in [6.45, 7) is 2.28. The monoisotopic (exact) mass is 265 g/mol. The van der Waals surface area contributed by atoms with Crippen molar-refractivity contribution in [3.05, 3.63) is 29.8 Å². The van der Waals surface area contributed by atoms with E-state index in [4.69, 9.17) is 9.84 Å². The van der Waals surface area contributed by atoms with Crippen molar-refractivity contribution in [2.45, 2.75) is 18.9 Å². The molecule has 5 nitrogen and oxygen atoms in total. The zero-order chi connectivity index (χ0) is 13.7. The molecule has 0 radical (unpaired) electrons. The molecular weight excluding hydrogens is 246 g/mol. The number of carboxylic acids is 1. The molecule has 0 bridgehead atoms. The minimum absolute atomic E-state index is 0.172. The van der Waals surface area contributed by atoms with Gasteiger partial charge in [0, 0.05) is 12.6 Å². The molecule has 1 fully saturated rings. The molecule has 0 spiro atoms. The van der Waals surface area contributed by atoms with E-state index in [1.807, 2.05) is 0 Å². The van der Waals surface area contributed by atoms with Gasteiger partial charge in [-0.05, 0) is 31.5 Å². The summed E-state index contributed by atoms with van der Waals surface area (Å²) in [7, 11) is 0. The molecule has 1 aromatic carbocycles. The molecule has 2 rings (SSSR count). The Kier molecular flexibility index (Phi) is 4.76. The standard InChI is InChI=1S/C14H19NO4/c16-10-11-4-3-7-15(11)8-9-19-13-6-2-1-5-12(13)14(17)18/h1-2,5-6,11,16H,3-4,7-10H2,(H,17,18). The van der Waals surface area contributed by atoms with Gasteiger partial charge in [-0.2, -0.15) is 0 Å². The lowest BCUT2D eigenvalue weighted by Crippen LogP contribution is -2.35. The molecule has 1 heterocycles. The van der Waals surface area contributed by atoms with E-state index in [1.54, 1.807) is 18.2 Å². The number of benzene rings is 1. The number of carboxylic acid groups (broad SMARTS) is 1. The zero-order valence-electron chi connectivity index (χ0n) is 10.8. The SMILES string of the molecule is O=C(O)c1ccccc1OCCN1CCCC1CO. The summed E-state index contributed by atoms with van der Waals surface area (Å²) in [6.07, 6.45) is 2.11. The first kappa shape index (κ1) is 13.8. The Bertz CT molecular complexity index is 435. The van der Waals surface area contributed by atoms with E-state index < -0.39 is 5.97 Å². The highest BCUT2D eigenvalue weighted by Crippen LogP contribution is 2.19. The van der Waals surface area contributed by atoms with Gasteiger partial charge in [-0.3, -0.25) is 4.90 Å². The van der Waals surface area contributed by atoms with Gasteiger partial charge >= 0.3 is 5.97 Å². The second-order valence-electron chi connectivity index (χ2n) is 4.66. The normalized spacial score (nSPS) is 19.5. The average molecular weight is 265 g/mol. The Labute approximate surface area is 112 Å². The molecule has 0 aromatic heterocycles. The molecule has 0 aliphatic carbocycles. The summed E-state index contributed by atoms with van der Waals surface area (Å²) < 4.78 is 5.55. The number of carbonyl (C=O) groups is 1. The van der Waals surface area contributed by atoms with Crippen LogP contribution in [0.4, 0.5) is 0 Å². The number of likely N-dealkylation sites (tertiary alicyclic amines) is 1. The van der Waals surface area contributed by atoms with Crippen molar-refractivity contribution in [3.8, 4) is 5.75 Å². The first-order chi connectivity index (χ1) is 9.22.